The summed E-state index contributed by atoms with van der Waals surface area (Å²) < 4.78 is 18.2. The first kappa shape index (κ1) is 20.1. The Kier molecular flexibility index (Phi) is 6.57. The number of nitrogens with one attached hydrogen (secondary N) is 1. The predicted octanol–water partition coefficient (Wildman–Crippen LogP) is 3.59. The normalized spacial score (nSPS) is 10.4. The third-order valence-electron chi connectivity index (χ3n) is 4.09. The third-order valence-corrected chi connectivity index (χ3v) is 4.09. The summed E-state index contributed by atoms with van der Waals surface area (Å²) in [5.74, 6) is 1.96. The average Bonchev–Trinajstić information content (AvgIpc) is 3.16. The first-order chi connectivity index (χ1) is 14.1. The molecule has 0 fully saturated rings. The van der Waals surface area contributed by atoms with Gasteiger partial charge >= 0.3 is 6.09 Å². The molecule has 3 aromatic rings. The predicted molar refractivity (Wildman–Crippen MR) is 108 cm³/mol. The highest BCUT2D eigenvalue weighted by Gasteiger charge is 2.13. The zero-order valence-corrected chi connectivity index (χ0v) is 16.3. The lowest BCUT2D eigenvalue weighted by Gasteiger charge is -2.10. The molecular formula is C21H23N3O5. The number of nitrogens with zero attached hydrogens (tertiary/aromatic N) is 2. The van der Waals surface area contributed by atoms with Gasteiger partial charge in [-0.2, -0.15) is 0 Å². The van der Waals surface area contributed by atoms with Gasteiger partial charge in [0.25, 0.3) is 0 Å². The largest absolute Gasteiger partial charge is 0.497 e. The van der Waals surface area contributed by atoms with Crippen LogP contribution in [0.5, 0.6) is 17.4 Å². The molecule has 0 unspecified atom stereocenters. The van der Waals surface area contributed by atoms with Gasteiger partial charge in [0, 0.05) is 11.6 Å². The topological polar surface area (TPSA) is 94.8 Å². The SMILES string of the molecule is CCOc1cc(-c2ccc(OCCNC(=O)O)cc2)n(-c2ccc(OC)cc2)n1. The van der Waals surface area contributed by atoms with E-state index in [1.807, 2.05) is 66.2 Å². The van der Waals surface area contributed by atoms with E-state index in [1.165, 1.54) is 0 Å². The van der Waals surface area contributed by atoms with Crippen LogP contribution in [0.15, 0.2) is 54.6 Å². The van der Waals surface area contributed by atoms with Gasteiger partial charge in [-0.3, -0.25) is 0 Å². The summed E-state index contributed by atoms with van der Waals surface area (Å²) in [5, 5.41) is 15.4. The molecule has 0 aliphatic rings. The van der Waals surface area contributed by atoms with E-state index in [1.54, 1.807) is 7.11 Å². The number of carboxylic acid groups (broad SMARTS) is 1. The molecule has 1 aromatic heterocycles. The molecule has 29 heavy (non-hydrogen) atoms. The van der Waals surface area contributed by atoms with Crippen LogP contribution in [0.1, 0.15) is 6.92 Å². The van der Waals surface area contributed by atoms with Crippen LogP contribution in [0, 0.1) is 0 Å². The van der Waals surface area contributed by atoms with Crippen LogP contribution in [-0.2, 0) is 0 Å². The summed E-state index contributed by atoms with van der Waals surface area (Å²) in [5.41, 5.74) is 2.69. The van der Waals surface area contributed by atoms with Gasteiger partial charge in [-0.1, -0.05) is 0 Å². The Morgan fingerprint density at radius 3 is 2.38 bits per heavy atom. The van der Waals surface area contributed by atoms with Crippen molar-refractivity contribution in [2.75, 3.05) is 26.9 Å². The number of benzene rings is 2. The Balaban J connectivity index is 1.82. The number of carbonyl (C=O) groups is 1. The maximum atomic E-state index is 10.5. The monoisotopic (exact) mass is 397 g/mol. The summed E-state index contributed by atoms with van der Waals surface area (Å²) in [6, 6.07) is 17.0. The fourth-order valence-corrected chi connectivity index (χ4v) is 2.75. The van der Waals surface area contributed by atoms with Gasteiger partial charge in [0.15, 0.2) is 0 Å². The molecule has 8 nitrogen and oxygen atoms in total. The van der Waals surface area contributed by atoms with E-state index in [4.69, 9.17) is 19.3 Å². The van der Waals surface area contributed by atoms with Crippen molar-refractivity contribution in [1.29, 1.82) is 0 Å². The molecule has 0 atom stereocenters. The van der Waals surface area contributed by atoms with Gasteiger partial charge in [-0.15, -0.1) is 5.10 Å². The quantitative estimate of drug-likeness (QED) is 0.536. The van der Waals surface area contributed by atoms with Crippen LogP contribution < -0.4 is 19.5 Å². The molecule has 0 aliphatic heterocycles. The average molecular weight is 397 g/mol. The Hall–Kier alpha value is -3.68. The van der Waals surface area contributed by atoms with Crippen molar-refractivity contribution < 1.29 is 24.1 Å². The number of hydrogen-bond acceptors (Lipinski definition) is 5. The van der Waals surface area contributed by atoms with Crippen LogP contribution in [0.3, 0.4) is 0 Å². The molecule has 3 rings (SSSR count). The summed E-state index contributed by atoms with van der Waals surface area (Å²) in [6.45, 7) is 2.91. The molecule has 0 spiro atoms. The highest BCUT2D eigenvalue weighted by atomic mass is 16.5. The molecule has 1 heterocycles. The van der Waals surface area contributed by atoms with Crippen molar-refractivity contribution in [3.63, 3.8) is 0 Å². The Morgan fingerprint density at radius 2 is 1.76 bits per heavy atom. The molecule has 0 aliphatic carbocycles. The molecule has 2 aromatic carbocycles. The van der Waals surface area contributed by atoms with Crippen molar-refractivity contribution in [3.8, 4) is 34.3 Å². The van der Waals surface area contributed by atoms with Crippen LogP contribution in [0.4, 0.5) is 4.79 Å². The third kappa shape index (κ3) is 5.19. The molecule has 2 N–H and O–H groups in total. The highest BCUT2D eigenvalue weighted by Crippen LogP contribution is 2.29. The smallest absolute Gasteiger partial charge is 0.404 e. The van der Waals surface area contributed by atoms with E-state index in [-0.39, 0.29) is 13.2 Å². The minimum atomic E-state index is -1.07. The summed E-state index contributed by atoms with van der Waals surface area (Å²) >= 11 is 0. The summed E-state index contributed by atoms with van der Waals surface area (Å²) in [4.78, 5) is 10.5. The van der Waals surface area contributed by atoms with E-state index in [0.717, 1.165) is 22.7 Å². The first-order valence-corrected chi connectivity index (χ1v) is 9.18. The Morgan fingerprint density at radius 1 is 1.07 bits per heavy atom. The number of methoxy groups -OCH3 is 1. The maximum Gasteiger partial charge on any atom is 0.404 e. The molecule has 0 radical (unpaired) electrons. The fourth-order valence-electron chi connectivity index (χ4n) is 2.75. The van der Waals surface area contributed by atoms with Crippen LogP contribution in [0.2, 0.25) is 0 Å². The highest BCUT2D eigenvalue weighted by molar-refractivity contribution is 5.65. The lowest BCUT2D eigenvalue weighted by molar-refractivity contribution is 0.191. The van der Waals surface area contributed by atoms with E-state index in [9.17, 15) is 4.79 Å². The lowest BCUT2D eigenvalue weighted by atomic mass is 10.1. The van der Waals surface area contributed by atoms with E-state index in [0.29, 0.717) is 18.2 Å². The van der Waals surface area contributed by atoms with Crippen molar-refractivity contribution in [2.24, 2.45) is 0 Å². The van der Waals surface area contributed by atoms with Gasteiger partial charge in [0.05, 0.1) is 31.6 Å². The molecule has 0 saturated carbocycles. The van der Waals surface area contributed by atoms with Crippen LogP contribution in [-0.4, -0.2) is 47.8 Å². The minimum absolute atomic E-state index is 0.221. The summed E-state index contributed by atoms with van der Waals surface area (Å²) in [6.07, 6.45) is -1.07. The van der Waals surface area contributed by atoms with Gasteiger partial charge in [-0.05, 0) is 55.5 Å². The van der Waals surface area contributed by atoms with Gasteiger partial charge in [0.1, 0.15) is 18.1 Å². The molecule has 1 amide bonds. The van der Waals surface area contributed by atoms with Gasteiger partial charge in [-0.25, -0.2) is 9.48 Å². The first-order valence-electron chi connectivity index (χ1n) is 9.18. The van der Waals surface area contributed by atoms with E-state index < -0.39 is 6.09 Å². The molecule has 152 valence electrons. The van der Waals surface area contributed by atoms with E-state index >= 15 is 0 Å². The second-order valence-corrected chi connectivity index (χ2v) is 6.02. The van der Waals surface area contributed by atoms with Crippen molar-refractivity contribution >= 4 is 6.09 Å². The van der Waals surface area contributed by atoms with Crippen molar-refractivity contribution in [1.82, 2.24) is 15.1 Å². The molecular weight excluding hydrogens is 374 g/mol. The molecule has 0 bridgehead atoms. The number of ether oxygens (including phenoxy) is 3. The van der Waals surface area contributed by atoms with Crippen LogP contribution in [0.25, 0.3) is 16.9 Å². The lowest BCUT2D eigenvalue weighted by Crippen LogP contribution is -2.26. The van der Waals surface area contributed by atoms with Crippen LogP contribution >= 0.6 is 0 Å². The summed E-state index contributed by atoms with van der Waals surface area (Å²) in [7, 11) is 1.63. The standard InChI is InChI=1S/C21H23N3O5/c1-3-28-20-14-19(24(23-20)16-6-10-17(27-2)11-7-16)15-4-8-18(9-5-15)29-13-12-22-21(25)26/h4-11,14,22H,3,12-13H2,1-2H3,(H,25,26). The van der Waals surface area contributed by atoms with E-state index in [2.05, 4.69) is 10.4 Å². The zero-order chi connectivity index (χ0) is 20.6. The molecule has 8 heteroatoms. The second kappa shape index (κ2) is 9.50. The number of rotatable bonds is 9. The molecule has 0 saturated heterocycles. The fraction of sp³-hybridized carbons (Fsp3) is 0.238. The van der Waals surface area contributed by atoms with Gasteiger partial charge in [0.2, 0.25) is 5.88 Å². The number of amides is 1. The maximum absolute atomic E-state index is 10.5. The second-order valence-electron chi connectivity index (χ2n) is 6.02. The minimum Gasteiger partial charge on any atom is -0.497 e. The van der Waals surface area contributed by atoms with Crippen molar-refractivity contribution in [2.45, 2.75) is 6.92 Å². The van der Waals surface area contributed by atoms with Gasteiger partial charge < -0.3 is 24.6 Å². The Bertz CT molecular complexity index is 936. The zero-order valence-electron chi connectivity index (χ0n) is 16.3. The number of hydrogen-bond donors (Lipinski definition) is 2. The Labute approximate surface area is 168 Å². The number of aromatic nitrogens is 2. The van der Waals surface area contributed by atoms with Crippen molar-refractivity contribution in [3.05, 3.63) is 54.6 Å².